The molecular formula is C22H16N4O4. The number of carbonyl (C=O) groups excluding carboxylic acids is 1. The van der Waals surface area contributed by atoms with Crippen LogP contribution in [0.3, 0.4) is 0 Å². The average Bonchev–Trinajstić information content (AvgIpc) is 3.43. The molecule has 0 radical (unpaired) electrons. The van der Waals surface area contributed by atoms with Crippen molar-refractivity contribution in [1.29, 1.82) is 0 Å². The van der Waals surface area contributed by atoms with Crippen molar-refractivity contribution in [2.45, 2.75) is 13.2 Å². The van der Waals surface area contributed by atoms with Crippen molar-refractivity contribution in [2.75, 3.05) is 0 Å². The number of benzene rings is 2. The number of nitrogens with zero attached hydrogens (tertiary/aromatic N) is 4. The highest BCUT2D eigenvalue weighted by Crippen LogP contribution is 2.24. The van der Waals surface area contributed by atoms with Crippen molar-refractivity contribution >= 4 is 28.0 Å². The first-order valence-corrected chi connectivity index (χ1v) is 9.30. The third-order valence-electron chi connectivity index (χ3n) is 4.76. The first kappa shape index (κ1) is 17.9. The average molecular weight is 400 g/mol. The quantitative estimate of drug-likeness (QED) is 0.421. The summed E-state index contributed by atoms with van der Waals surface area (Å²) < 4.78 is 13.9. The lowest BCUT2D eigenvalue weighted by Crippen LogP contribution is -2.25. The SMILES string of the molecule is O=C(Cn1cnc2c(oc3ccccc32)c1=O)OCc1ccc(-n2cccn2)cc1. The molecule has 3 heterocycles. The van der Waals surface area contributed by atoms with E-state index in [0.717, 1.165) is 16.6 Å². The summed E-state index contributed by atoms with van der Waals surface area (Å²) >= 11 is 0. The number of hydrogen-bond donors (Lipinski definition) is 0. The van der Waals surface area contributed by atoms with Gasteiger partial charge in [-0.2, -0.15) is 5.10 Å². The molecule has 0 spiro atoms. The molecule has 3 aromatic heterocycles. The number of fused-ring (bicyclic) bond motifs is 3. The van der Waals surface area contributed by atoms with Gasteiger partial charge in [0.2, 0.25) is 5.58 Å². The van der Waals surface area contributed by atoms with Crippen LogP contribution in [0.5, 0.6) is 0 Å². The molecule has 8 nitrogen and oxygen atoms in total. The summed E-state index contributed by atoms with van der Waals surface area (Å²) in [6.45, 7) is -0.141. The Balaban J connectivity index is 1.28. The number of rotatable bonds is 5. The summed E-state index contributed by atoms with van der Waals surface area (Å²) in [6, 6.07) is 16.6. The van der Waals surface area contributed by atoms with Crippen LogP contribution in [0.15, 0.2) is 82.5 Å². The molecule has 2 aromatic carbocycles. The van der Waals surface area contributed by atoms with E-state index in [0.29, 0.717) is 11.1 Å². The molecule has 0 bridgehead atoms. The van der Waals surface area contributed by atoms with E-state index >= 15 is 0 Å². The van der Waals surface area contributed by atoms with Gasteiger partial charge in [0.15, 0.2) is 0 Å². The van der Waals surface area contributed by atoms with Crippen LogP contribution in [0.1, 0.15) is 5.56 Å². The van der Waals surface area contributed by atoms with Gasteiger partial charge in [0.25, 0.3) is 5.56 Å². The van der Waals surface area contributed by atoms with Gasteiger partial charge in [0, 0.05) is 17.8 Å². The Labute approximate surface area is 169 Å². The van der Waals surface area contributed by atoms with E-state index in [1.54, 1.807) is 16.9 Å². The molecule has 8 heteroatoms. The Morgan fingerprint density at radius 2 is 1.90 bits per heavy atom. The summed E-state index contributed by atoms with van der Waals surface area (Å²) in [5.74, 6) is -0.537. The topological polar surface area (TPSA) is 92.1 Å². The van der Waals surface area contributed by atoms with Crippen molar-refractivity contribution < 1.29 is 13.9 Å². The summed E-state index contributed by atoms with van der Waals surface area (Å²) in [5.41, 5.74) is 2.51. The van der Waals surface area contributed by atoms with E-state index < -0.39 is 11.5 Å². The lowest BCUT2D eigenvalue weighted by atomic mass is 10.2. The van der Waals surface area contributed by atoms with E-state index in [2.05, 4.69) is 10.1 Å². The predicted molar refractivity (Wildman–Crippen MR) is 109 cm³/mol. The molecule has 5 aromatic rings. The van der Waals surface area contributed by atoms with Crippen molar-refractivity contribution in [1.82, 2.24) is 19.3 Å². The Kier molecular flexibility index (Phi) is 4.36. The Morgan fingerprint density at radius 1 is 1.07 bits per heavy atom. The minimum atomic E-state index is -0.537. The van der Waals surface area contributed by atoms with Gasteiger partial charge in [-0.25, -0.2) is 9.67 Å². The second-order valence-electron chi connectivity index (χ2n) is 6.73. The number of furan rings is 1. The minimum absolute atomic E-state index is 0.104. The fourth-order valence-corrected chi connectivity index (χ4v) is 3.24. The standard InChI is InChI=1S/C22H16N4O4/c27-19(29-13-15-6-8-16(9-7-15)26-11-3-10-24-26)12-25-14-23-20-17-4-1-2-5-18(17)30-21(20)22(25)28/h1-11,14H,12-13H2. The van der Waals surface area contributed by atoms with Gasteiger partial charge in [0.05, 0.1) is 12.0 Å². The van der Waals surface area contributed by atoms with E-state index in [-0.39, 0.29) is 18.7 Å². The highest BCUT2D eigenvalue weighted by molar-refractivity contribution is 6.01. The Morgan fingerprint density at radius 3 is 2.70 bits per heavy atom. The van der Waals surface area contributed by atoms with Crippen molar-refractivity contribution in [3.63, 3.8) is 0 Å². The lowest BCUT2D eigenvalue weighted by Gasteiger charge is -2.07. The molecule has 0 saturated heterocycles. The second-order valence-corrected chi connectivity index (χ2v) is 6.73. The molecule has 5 rings (SSSR count). The monoisotopic (exact) mass is 400 g/mol. The van der Waals surface area contributed by atoms with Gasteiger partial charge >= 0.3 is 5.97 Å². The normalized spacial score (nSPS) is 11.2. The maximum absolute atomic E-state index is 12.7. The van der Waals surface area contributed by atoms with E-state index in [9.17, 15) is 9.59 Å². The summed E-state index contributed by atoms with van der Waals surface area (Å²) in [6.07, 6.45) is 4.89. The van der Waals surface area contributed by atoms with Crippen LogP contribution in [-0.4, -0.2) is 25.3 Å². The van der Waals surface area contributed by atoms with Crippen LogP contribution in [0.4, 0.5) is 0 Å². The van der Waals surface area contributed by atoms with Crippen LogP contribution >= 0.6 is 0 Å². The predicted octanol–water partition coefficient (Wildman–Crippen LogP) is 3.07. The molecule has 0 N–H and O–H groups in total. The molecule has 0 amide bonds. The first-order valence-electron chi connectivity index (χ1n) is 9.30. The number of aromatic nitrogens is 4. The summed E-state index contributed by atoms with van der Waals surface area (Å²) in [7, 11) is 0. The number of carbonyl (C=O) groups is 1. The molecule has 148 valence electrons. The van der Waals surface area contributed by atoms with E-state index in [1.807, 2.05) is 54.7 Å². The molecule has 0 fully saturated rings. The zero-order valence-electron chi connectivity index (χ0n) is 15.8. The van der Waals surface area contributed by atoms with Crippen LogP contribution in [0.2, 0.25) is 0 Å². The van der Waals surface area contributed by atoms with Gasteiger partial charge in [0.1, 0.15) is 24.3 Å². The lowest BCUT2D eigenvalue weighted by molar-refractivity contribution is -0.145. The third-order valence-corrected chi connectivity index (χ3v) is 4.76. The largest absolute Gasteiger partial charge is 0.459 e. The molecule has 0 saturated carbocycles. The highest BCUT2D eigenvalue weighted by atomic mass is 16.5. The third kappa shape index (κ3) is 3.24. The maximum atomic E-state index is 12.7. The van der Waals surface area contributed by atoms with Gasteiger partial charge in [-0.1, -0.05) is 24.3 Å². The van der Waals surface area contributed by atoms with Crippen molar-refractivity contribution in [2.24, 2.45) is 0 Å². The highest BCUT2D eigenvalue weighted by Gasteiger charge is 2.15. The van der Waals surface area contributed by atoms with Crippen LogP contribution < -0.4 is 5.56 Å². The summed E-state index contributed by atoms with van der Waals surface area (Å²) in [4.78, 5) is 29.2. The molecule has 0 atom stereocenters. The minimum Gasteiger partial charge on any atom is -0.459 e. The first-order chi connectivity index (χ1) is 14.7. The number of ether oxygens (including phenoxy) is 1. The number of esters is 1. The zero-order valence-corrected chi connectivity index (χ0v) is 15.8. The number of para-hydroxylation sites is 1. The smallest absolute Gasteiger partial charge is 0.326 e. The molecule has 0 aliphatic heterocycles. The number of hydrogen-bond acceptors (Lipinski definition) is 6. The van der Waals surface area contributed by atoms with E-state index in [4.69, 9.17) is 9.15 Å². The molecule has 30 heavy (non-hydrogen) atoms. The van der Waals surface area contributed by atoms with Gasteiger partial charge in [-0.15, -0.1) is 0 Å². The molecule has 0 unspecified atom stereocenters. The second kappa shape index (κ2) is 7.32. The van der Waals surface area contributed by atoms with Crippen LogP contribution in [-0.2, 0) is 22.7 Å². The summed E-state index contributed by atoms with van der Waals surface area (Å²) in [5, 5.41) is 4.93. The van der Waals surface area contributed by atoms with Gasteiger partial charge < -0.3 is 9.15 Å². The molecule has 0 aliphatic rings. The van der Waals surface area contributed by atoms with Crippen LogP contribution in [0.25, 0.3) is 27.8 Å². The molecular weight excluding hydrogens is 384 g/mol. The van der Waals surface area contributed by atoms with Crippen molar-refractivity contribution in [3.8, 4) is 5.69 Å². The maximum Gasteiger partial charge on any atom is 0.326 e. The van der Waals surface area contributed by atoms with E-state index in [1.165, 1.54) is 10.9 Å². The zero-order chi connectivity index (χ0) is 20.5. The van der Waals surface area contributed by atoms with Gasteiger partial charge in [-0.05, 0) is 35.9 Å². The molecule has 0 aliphatic carbocycles. The van der Waals surface area contributed by atoms with Gasteiger partial charge in [-0.3, -0.25) is 14.2 Å². The van der Waals surface area contributed by atoms with Crippen molar-refractivity contribution in [3.05, 3.63) is 89.2 Å². The fraction of sp³-hybridized carbons (Fsp3) is 0.0909. The Bertz CT molecular complexity index is 1400. The van der Waals surface area contributed by atoms with Crippen LogP contribution in [0, 0.1) is 0 Å². The Hall–Kier alpha value is -4.20. The fourth-order valence-electron chi connectivity index (χ4n) is 3.24.